The van der Waals surface area contributed by atoms with Crippen LogP contribution in [0.4, 0.5) is 0 Å². The molecule has 1 aliphatic carbocycles. The summed E-state index contributed by atoms with van der Waals surface area (Å²) >= 11 is 0. The van der Waals surface area contributed by atoms with Crippen molar-refractivity contribution >= 4 is 9.84 Å². The highest BCUT2D eigenvalue weighted by molar-refractivity contribution is 7.91. The van der Waals surface area contributed by atoms with Gasteiger partial charge in [-0.15, -0.1) is 0 Å². The molecule has 0 amide bonds. The third-order valence-corrected chi connectivity index (χ3v) is 6.08. The predicted molar refractivity (Wildman–Crippen MR) is 87.5 cm³/mol. The lowest BCUT2D eigenvalue weighted by molar-refractivity contribution is 0.507. The maximum Gasteiger partial charge on any atom is 0.178 e. The zero-order valence-corrected chi connectivity index (χ0v) is 14.0. The van der Waals surface area contributed by atoms with Crippen LogP contribution in [0.3, 0.4) is 0 Å². The zero-order chi connectivity index (χ0) is 15.3. The Morgan fingerprint density at radius 3 is 2.71 bits per heavy atom. The molecule has 0 radical (unpaired) electrons. The van der Waals surface area contributed by atoms with E-state index in [1.807, 2.05) is 12.1 Å². The van der Waals surface area contributed by atoms with E-state index in [2.05, 4.69) is 19.2 Å². The van der Waals surface area contributed by atoms with Gasteiger partial charge < -0.3 is 5.32 Å². The summed E-state index contributed by atoms with van der Waals surface area (Å²) in [6.45, 7) is 5.21. The van der Waals surface area contributed by atoms with Crippen LogP contribution in [-0.2, 0) is 22.7 Å². The monoisotopic (exact) mass is 309 g/mol. The number of benzene rings is 1. The van der Waals surface area contributed by atoms with E-state index in [9.17, 15) is 8.42 Å². The van der Waals surface area contributed by atoms with E-state index in [1.165, 1.54) is 11.1 Å². The molecular weight excluding hydrogens is 282 g/mol. The minimum Gasteiger partial charge on any atom is -0.315 e. The second-order valence-corrected chi connectivity index (χ2v) is 8.17. The molecule has 118 valence electrons. The van der Waals surface area contributed by atoms with Crippen molar-refractivity contribution in [2.24, 2.45) is 0 Å². The molecule has 4 heteroatoms. The molecule has 1 atom stereocenters. The Labute approximate surface area is 129 Å². The highest BCUT2D eigenvalue weighted by Gasteiger charge is 2.18. The lowest BCUT2D eigenvalue weighted by Gasteiger charge is -2.12. The number of sulfone groups is 1. The highest BCUT2D eigenvalue weighted by Crippen LogP contribution is 2.25. The fraction of sp³-hybridized carbons (Fsp3) is 0.647. The zero-order valence-electron chi connectivity index (χ0n) is 13.2. The molecule has 0 fully saturated rings. The maximum absolute atomic E-state index is 12.4. The number of rotatable bonds is 8. The summed E-state index contributed by atoms with van der Waals surface area (Å²) in [5, 5.41) is 3.35. The molecule has 0 bridgehead atoms. The van der Waals surface area contributed by atoms with Gasteiger partial charge >= 0.3 is 0 Å². The summed E-state index contributed by atoms with van der Waals surface area (Å²) < 4.78 is 24.8. The van der Waals surface area contributed by atoms with Crippen LogP contribution in [0.25, 0.3) is 0 Å². The van der Waals surface area contributed by atoms with E-state index in [4.69, 9.17) is 0 Å². The number of hydrogen-bond donors (Lipinski definition) is 1. The van der Waals surface area contributed by atoms with Crippen molar-refractivity contribution < 1.29 is 8.42 Å². The second kappa shape index (κ2) is 7.41. The molecule has 1 aliphatic rings. The first-order valence-corrected chi connectivity index (χ1v) is 9.76. The molecule has 1 N–H and O–H groups in total. The Hall–Kier alpha value is -0.870. The van der Waals surface area contributed by atoms with Gasteiger partial charge in [-0.25, -0.2) is 8.42 Å². The molecule has 0 heterocycles. The number of hydrogen-bond acceptors (Lipinski definition) is 3. The summed E-state index contributed by atoms with van der Waals surface area (Å²) in [4.78, 5) is 0.517. The van der Waals surface area contributed by atoms with Gasteiger partial charge in [-0.2, -0.15) is 0 Å². The Kier molecular flexibility index (Phi) is 5.82. The molecule has 0 aliphatic heterocycles. The minimum absolute atomic E-state index is 0.268. The molecule has 1 aromatic rings. The van der Waals surface area contributed by atoms with Crippen molar-refractivity contribution in [3.05, 3.63) is 29.3 Å². The van der Waals surface area contributed by atoms with Crippen LogP contribution in [0, 0.1) is 0 Å². The largest absolute Gasteiger partial charge is 0.315 e. The van der Waals surface area contributed by atoms with Gasteiger partial charge in [0.05, 0.1) is 10.6 Å². The number of fused-ring (bicyclic) bond motifs is 1. The van der Waals surface area contributed by atoms with E-state index < -0.39 is 9.84 Å². The predicted octanol–water partition coefficient (Wildman–Crippen LogP) is 3.12. The molecule has 21 heavy (non-hydrogen) atoms. The number of unbranched alkanes of at least 4 members (excludes halogenated alkanes) is 1. The normalized spacial score (nSPS) is 15.9. The molecule has 0 spiro atoms. The lowest BCUT2D eigenvalue weighted by atomic mass is 10.1. The van der Waals surface area contributed by atoms with Gasteiger partial charge in [-0.3, -0.25) is 0 Å². The fourth-order valence-corrected chi connectivity index (χ4v) is 4.47. The van der Waals surface area contributed by atoms with Gasteiger partial charge in [0, 0.05) is 6.04 Å². The molecule has 1 aromatic carbocycles. The minimum atomic E-state index is -3.11. The Morgan fingerprint density at radius 1 is 1.19 bits per heavy atom. The molecular formula is C17H27NO2S. The first-order valence-electron chi connectivity index (χ1n) is 8.11. The van der Waals surface area contributed by atoms with Gasteiger partial charge in [0.1, 0.15) is 0 Å². The van der Waals surface area contributed by atoms with Crippen molar-refractivity contribution in [1.82, 2.24) is 5.32 Å². The summed E-state index contributed by atoms with van der Waals surface area (Å²) in [6.07, 6.45) is 6.01. The highest BCUT2D eigenvalue weighted by atomic mass is 32.2. The molecule has 0 saturated carbocycles. The SMILES string of the molecule is CCNC(C)CCCCS(=O)(=O)c1ccc2c(c1)CCC2. The topological polar surface area (TPSA) is 46.2 Å². The molecule has 2 rings (SSSR count). The summed E-state index contributed by atoms with van der Waals surface area (Å²) in [6, 6.07) is 6.17. The van der Waals surface area contributed by atoms with E-state index >= 15 is 0 Å². The summed E-state index contributed by atoms with van der Waals surface area (Å²) in [5.74, 6) is 0.268. The quantitative estimate of drug-likeness (QED) is 0.751. The van der Waals surface area contributed by atoms with Crippen LogP contribution in [0.1, 0.15) is 50.7 Å². The first-order chi connectivity index (χ1) is 10.0. The third kappa shape index (κ3) is 4.55. The van der Waals surface area contributed by atoms with Crippen LogP contribution >= 0.6 is 0 Å². The lowest BCUT2D eigenvalue weighted by Crippen LogP contribution is -2.25. The molecule has 1 unspecified atom stereocenters. The summed E-state index contributed by atoms with van der Waals surface area (Å²) in [7, 11) is -3.11. The smallest absolute Gasteiger partial charge is 0.178 e. The van der Waals surface area contributed by atoms with Crippen molar-refractivity contribution in [3.63, 3.8) is 0 Å². The van der Waals surface area contributed by atoms with Crippen LogP contribution in [0.5, 0.6) is 0 Å². The Bertz CT molecular complexity index is 566. The number of aryl methyl sites for hydroxylation is 2. The summed E-state index contributed by atoms with van der Waals surface area (Å²) in [5.41, 5.74) is 2.56. The molecule has 3 nitrogen and oxygen atoms in total. The van der Waals surface area contributed by atoms with Gasteiger partial charge in [0.15, 0.2) is 9.84 Å². The van der Waals surface area contributed by atoms with Crippen molar-refractivity contribution in [1.29, 1.82) is 0 Å². The van der Waals surface area contributed by atoms with E-state index in [0.29, 0.717) is 10.9 Å². The third-order valence-electron chi connectivity index (χ3n) is 4.28. The van der Waals surface area contributed by atoms with Gasteiger partial charge in [0.2, 0.25) is 0 Å². The van der Waals surface area contributed by atoms with Crippen LogP contribution in [-0.4, -0.2) is 26.8 Å². The van der Waals surface area contributed by atoms with Gasteiger partial charge in [0.25, 0.3) is 0 Å². The van der Waals surface area contributed by atoms with Gasteiger partial charge in [-0.05, 0) is 68.8 Å². The molecule has 0 saturated heterocycles. The van der Waals surface area contributed by atoms with Crippen LogP contribution in [0.15, 0.2) is 23.1 Å². The Morgan fingerprint density at radius 2 is 1.95 bits per heavy atom. The first kappa shape index (κ1) is 16.5. The second-order valence-electron chi connectivity index (χ2n) is 6.06. The van der Waals surface area contributed by atoms with Crippen molar-refractivity contribution in [2.45, 2.75) is 63.3 Å². The molecule has 0 aromatic heterocycles. The average Bonchev–Trinajstić information content (AvgIpc) is 2.91. The van der Waals surface area contributed by atoms with Crippen LogP contribution in [0.2, 0.25) is 0 Å². The average molecular weight is 309 g/mol. The Balaban J connectivity index is 1.87. The fourth-order valence-electron chi connectivity index (χ4n) is 3.05. The maximum atomic E-state index is 12.4. The van der Waals surface area contributed by atoms with Gasteiger partial charge in [-0.1, -0.05) is 19.4 Å². The number of nitrogens with one attached hydrogen (secondary N) is 1. The van der Waals surface area contributed by atoms with Crippen molar-refractivity contribution in [2.75, 3.05) is 12.3 Å². The van der Waals surface area contributed by atoms with E-state index in [0.717, 1.165) is 45.1 Å². The van der Waals surface area contributed by atoms with E-state index in [-0.39, 0.29) is 5.75 Å². The van der Waals surface area contributed by atoms with E-state index in [1.54, 1.807) is 6.07 Å². The van der Waals surface area contributed by atoms with Crippen molar-refractivity contribution in [3.8, 4) is 0 Å². The van der Waals surface area contributed by atoms with Crippen LogP contribution < -0.4 is 5.32 Å². The standard InChI is InChI=1S/C17H27NO2S/c1-3-18-14(2)7-4-5-12-21(19,20)17-11-10-15-8-6-9-16(15)13-17/h10-11,13-14,18H,3-9,12H2,1-2H3.